The van der Waals surface area contributed by atoms with E-state index in [2.05, 4.69) is 14.1 Å². The van der Waals surface area contributed by atoms with Gasteiger partial charge in [0.1, 0.15) is 0 Å². The van der Waals surface area contributed by atoms with E-state index < -0.39 is 10.0 Å². The van der Waals surface area contributed by atoms with Crippen LogP contribution in [0.25, 0.3) is 11.1 Å². The number of anilines is 1. The van der Waals surface area contributed by atoms with Crippen LogP contribution in [0.1, 0.15) is 12.7 Å². The molecule has 0 saturated heterocycles. The van der Waals surface area contributed by atoms with Crippen molar-refractivity contribution in [1.29, 1.82) is 0 Å². The van der Waals surface area contributed by atoms with Gasteiger partial charge in [0, 0.05) is 25.1 Å². The smallest absolute Gasteiger partial charge is 0.263 e. The van der Waals surface area contributed by atoms with Crippen molar-refractivity contribution in [3.05, 3.63) is 60.4 Å². The van der Waals surface area contributed by atoms with E-state index in [4.69, 9.17) is 0 Å². The van der Waals surface area contributed by atoms with Gasteiger partial charge in [-0.25, -0.2) is 13.4 Å². The lowest BCUT2D eigenvalue weighted by Crippen LogP contribution is -2.28. The molecule has 0 aliphatic rings. The molecule has 28 heavy (non-hydrogen) atoms. The topological polar surface area (TPSA) is 92.3 Å². The zero-order valence-electron chi connectivity index (χ0n) is 15.5. The van der Waals surface area contributed by atoms with E-state index in [-0.39, 0.29) is 22.4 Å². The molecule has 9 heteroatoms. The summed E-state index contributed by atoms with van der Waals surface area (Å²) in [5.74, 6) is 0.179. The summed E-state index contributed by atoms with van der Waals surface area (Å²) in [6, 6.07) is 16.3. The lowest BCUT2D eigenvalue weighted by molar-refractivity contribution is -0.129. The first-order valence-corrected chi connectivity index (χ1v) is 10.9. The van der Waals surface area contributed by atoms with Crippen molar-refractivity contribution in [2.75, 3.05) is 18.3 Å². The summed E-state index contributed by atoms with van der Waals surface area (Å²) in [4.78, 5) is 17.7. The largest absolute Gasteiger partial charge is 0.346 e. The number of aromatic nitrogens is 2. The molecule has 0 saturated carbocycles. The lowest BCUT2D eigenvalue weighted by Gasteiger charge is -2.12. The summed E-state index contributed by atoms with van der Waals surface area (Å²) < 4.78 is 31.7. The Morgan fingerprint density at radius 1 is 1.07 bits per heavy atom. The number of hydrogen-bond donors (Lipinski definition) is 1. The second-order valence-electron chi connectivity index (χ2n) is 6.10. The highest BCUT2D eigenvalue weighted by atomic mass is 32.2. The predicted molar refractivity (Wildman–Crippen MR) is 110 cm³/mol. The molecule has 1 N–H and O–H groups in total. The summed E-state index contributed by atoms with van der Waals surface area (Å²) in [6.45, 7) is 2.45. The van der Waals surface area contributed by atoms with Crippen molar-refractivity contribution in [1.82, 2.24) is 14.3 Å². The van der Waals surface area contributed by atoms with Gasteiger partial charge < -0.3 is 4.90 Å². The van der Waals surface area contributed by atoms with Gasteiger partial charge in [-0.2, -0.15) is 4.37 Å². The number of carbonyl (C=O) groups excluding carboxylic acids is 1. The first-order valence-electron chi connectivity index (χ1n) is 8.64. The molecule has 0 unspecified atom stereocenters. The molecule has 7 nitrogen and oxygen atoms in total. The number of benzene rings is 2. The minimum Gasteiger partial charge on any atom is -0.346 e. The number of amides is 1. The zero-order valence-corrected chi connectivity index (χ0v) is 17.1. The Kier molecular flexibility index (Phi) is 6.05. The fourth-order valence-electron chi connectivity index (χ4n) is 2.44. The Balaban J connectivity index is 1.71. The number of likely N-dealkylation sites (N-methyl/N-ethyl adjacent to an activating group) is 1. The lowest BCUT2D eigenvalue weighted by atomic mass is 10.1. The quantitative estimate of drug-likeness (QED) is 0.639. The van der Waals surface area contributed by atoms with E-state index in [0.717, 1.165) is 22.7 Å². The van der Waals surface area contributed by atoms with Crippen molar-refractivity contribution in [3.63, 3.8) is 0 Å². The fourth-order valence-corrected chi connectivity index (χ4v) is 4.25. The molecule has 0 bridgehead atoms. The van der Waals surface area contributed by atoms with Gasteiger partial charge >= 0.3 is 0 Å². The molecule has 0 spiro atoms. The third-order valence-corrected chi connectivity index (χ3v) is 6.32. The van der Waals surface area contributed by atoms with Crippen LogP contribution in [0.2, 0.25) is 0 Å². The Labute approximate surface area is 168 Å². The van der Waals surface area contributed by atoms with E-state index in [1.54, 1.807) is 36.2 Å². The first-order chi connectivity index (χ1) is 13.4. The summed E-state index contributed by atoms with van der Waals surface area (Å²) in [5, 5.41) is 0.133. The van der Waals surface area contributed by atoms with Crippen LogP contribution in [0.15, 0.2) is 59.5 Å². The van der Waals surface area contributed by atoms with Crippen molar-refractivity contribution in [2.24, 2.45) is 0 Å². The van der Waals surface area contributed by atoms with Crippen molar-refractivity contribution < 1.29 is 13.2 Å². The van der Waals surface area contributed by atoms with Crippen molar-refractivity contribution >= 4 is 32.6 Å². The second kappa shape index (κ2) is 8.49. The molecule has 1 amide bonds. The maximum Gasteiger partial charge on any atom is 0.263 e. The van der Waals surface area contributed by atoms with Gasteiger partial charge in [-0.15, -0.1) is 0 Å². The molecule has 0 aliphatic heterocycles. The molecule has 3 rings (SSSR count). The van der Waals surface area contributed by atoms with Crippen LogP contribution in [0.3, 0.4) is 0 Å². The Morgan fingerprint density at radius 3 is 2.36 bits per heavy atom. The van der Waals surface area contributed by atoms with Gasteiger partial charge in [0.2, 0.25) is 11.0 Å². The van der Waals surface area contributed by atoms with E-state index in [1.165, 1.54) is 0 Å². The Hall–Kier alpha value is -2.78. The molecular weight excluding hydrogens is 396 g/mol. The van der Waals surface area contributed by atoms with Crippen molar-refractivity contribution in [3.8, 4) is 11.1 Å². The van der Waals surface area contributed by atoms with Gasteiger partial charge in [-0.05, 0) is 30.2 Å². The molecule has 3 aromatic rings. The third-order valence-electron chi connectivity index (χ3n) is 4.17. The number of rotatable bonds is 7. The van der Waals surface area contributed by atoms with Crippen molar-refractivity contribution in [2.45, 2.75) is 18.2 Å². The molecule has 146 valence electrons. The fraction of sp³-hybridized carbons (Fsp3) is 0.211. The van der Waals surface area contributed by atoms with Crippen LogP contribution in [0.4, 0.5) is 5.13 Å². The highest BCUT2D eigenvalue weighted by molar-refractivity contribution is 7.93. The monoisotopic (exact) mass is 416 g/mol. The number of nitrogens with one attached hydrogen (secondary N) is 1. The SMILES string of the molecule is CCN(C)C(=O)Cc1nsc(NS(=O)(=O)c2ccc(-c3ccccc3)cc2)n1. The molecule has 1 aromatic heterocycles. The van der Waals surface area contributed by atoms with Gasteiger partial charge in [-0.3, -0.25) is 9.52 Å². The van der Waals surface area contributed by atoms with E-state index >= 15 is 0 Å². The molecule has 0 radical (unpaired) electrons. The summed E-state index contributed by atoms with van der Waals surface area (Å²) in [5.41, 5.74) is 1.94. The Morgan fingerprint density at radius 2 is 1.71 bits per heavy atom. The number of carbonyl (C=O) groups is 1. The van der Waals surface area contributed by atoms with Crippen LogP contribution in [-0.4, -0.2) is 42.2 Å². The zero-order chi connectivity index (χ0) is 20.1. The average molecular weight is 417 g/mol. The van der Waals surface area contributed by atoms with Crippen LogP contribution >= 0.6 is 11.5 Å². The molecular formula is C19H20N4O3S2. The highest BCUT2D eigenvalue weighted by Gasteiger charge is 2.18. The predicted octanol–water partition coefficient (Wildman–Crippen LogP) is 3.03. The minimum absolute atomic E-state index is 0.0361. The van der Waals surface area contributed by atoms with E-state index in [1.807, 2.05) is 37.3 Å². The second-order valence-corrected chi connectivity index (χ2v) is 8.53. The van der Waals surface area contributed by atoms with Crippen LogP contribution in [0, 0.1) is 0 Å². The maximum absolute atomic E-state index is 12.6. The van der Waals surface area contributed by atoms with E-state index in [0.29, 0.717) is 12.4 Å². The summed E-state index contributed by atoms with van der Waals surface area (Å²) in [6.07, 6.45) is 0.0361. The normalized spacial score (nSPS) is 11.2. The average Bonchev–Trinajstić information content (AvgIpc) is 3.14. The number of nitrogens with zero attached hydrogens (tertiary/aromatic N) is 3. The molecule has 0 fully saturated rings. The highest BCUT2D eigenvalue weighted by Crippen LogP contribution is 2.23. The van der Waals surface area contributed by atoms with E-state index in [9.17, 15) is 13.2 Å². The standard InChI is InChI=1S/C19H20N4O3S2/c1-3-23(2)18(24)13-17-20-19(27-21-17)22-28(25,26)16-11-9-15(10-12-16)14-7-5-4-6-8-14/h4-12H,3,13H2,1-2H3,(H,20,21,22). The maximum atomic E-state index is 12.6. The van der Waals surface area contributed by atoms with Crippen LogP contribution in [-0.2, 0) is 21.2 Å². The summed E-state index contributed by atoms with van der Waals surface area (Å²) in [7, 11) is -2.09. The third kappa shape index (κ3) is 4.73. The summed E-state index contributed by atoms with van der Waals surface area (Å²) >= 11 is 0.910. The van der Waals surface area contributed by atoms with Gasteiger partial charge in [0.25, 0.3) is 10.0 Å². The first kappa shape index (κ1) is 20.0. The number of hydrogen-bond acceptors (Lipinski definition) is 6. The van der Waals surface area contributed by atoms with Crippen LogP contribution < -0.4 is 4.72 Å². The molecule has 1 heterocycles. The van der Waals surface area contributed by atoms with Gasteiger partial charge in [-0.1, -0.05) is 42.5 Å². The molecule has 2 aromatic carbocycles. The van der Waals surface area contributed by atoms with Crippen LogP contribution in [0.5, 0.6) is 0 Å². The van der Waals surface area contributed by atoms with Gasteiger partial charge in [0.15, 0.2) is 5.82 Å². The molecule has 0 atom stereocenters. The molecule has 0 aliphatic carbocycles. The minimum atomic E-state index is -3.79. The van der Waals surface area contributed by atoms with Gasteiger partial charge in [0.05, 0.1) is 11.3 Å². The Bertz CT molecular complexity index is 1050. The number of sulfonamides is 1.